The molecule has 0 aliphatic heterocycles. The summed E-state index contributed by atoms with van der Waals surface area (Å²) in [5, 5.41) is 0. The molecule has 0 radical (unpaired) electrons. The van der Waals surface area contributed by atoms with Crippen molar-refractivity contribution in [3.05, 3.63) is 24.3 Å². The molecule has 0 rings (SSSR count). The third kappa shape index (κ3) is 68.6. The predicted molar refractivity (Wildman–Crippen MR) is 353 cm³/mol. The SMILES string of the molecule is CCCCCCC/C=C\CCCCCCCC(=O)OCC(COC(=O)CCCCCCCCCCCCCCCCCCCCCCCCCCCCCCCCCCCC)OC(=O)CCCCCCC/C=C\CCCCCCCC. The van der Waals surface area contributed by atoms with E-state index in [9.17, 15) is 14.4 Å². The summed E-state index contributed by atoms with van der Waals surface area (Å²) in [7, 11) is 0. The van der Waals surface area contributed by atoms with Gasteiger partial charge in [-0.25, -0.2) is 0 Å². The lowest BCUT2D eigenvalue weighted by atomic mass is 10.0. The second kappa shape index (κ2) is 70.4. The highest BCUT2D eigenvalue weighted by Crippen LogP contribution is 2.19. The van der Waals surface area contributed by atoms with E-state index < -0.39 is 6.10 Å². The Morgan fingerprint density at radius 1 is 0.235 bits per heavy atom. The molecular weight excluding hydrogens is 997 g/mol. The van der Waals surface area contributed by atoms with Crippen LogP contribution in [-0.2, 0) is 28.6 Å². The number of carbonyl (C=O) groups excluding carboxylic acids is 3. The van der Waals surface area contributed by atoms with Gasteiger partial charge in [-0.05, 0) is 70.6 Å². The van der Waals surface area contributed by atoms with Crippen LogP contribution in [0.2, 0.25) is 0 Å². The van der Waals surface area contributed by atoms with E-state index in [1.165, 1.54) is 308 Å². The van der Waals surface area contributed by atoms with Crippen molar-refractivity contribution >= 4 is 17.9 Å². The van der Waals surface area contributed by atoms with E-state index in [4.69, 9.17) is 14.2 Å². The van der Waals surface area contributed by atoms with Crippen LogP contribution >= 0.6 is 0 Å². The van der Waals surface area contributed by atoms with Gasteiger partial charge < -0.3 is 14.2 Å². The Bertz CT molecular complexity index is 1310. The van der Waals surface area contributed by atoms with E-state index in [1.54, 1.807) is 0 Å². The Kier molecular flexibility index (Phi) is 68.5. The summed E-state index contributed by atoms with van der Waals surface area (Å²) in [4.78, 5) is 38.4. The first-order valence-electron chi connectivity index (χ1n) is 36.8. The lowest BCUT2D eigenvalue weighted by Gasteiger charge is -2.18. The summed E-state index contributed by atoms with van der Waals surface area (Å²) in [6, 6.07) is 0. The first-order valence-corrected chi connectivity index (χ1v) is 36.8. The molecule has 6 nitrogen and oxygen atoms in total. The fourth-order valence-corrected chi connectivity index (χ4v) is 11.4. The quantitative estimate of drug-likeness (QED) is 0.0261. The largest absolute Gasteiger partial charge is 0.462 e. The Morgan fingerprint density at radius 3 is 0.617 bits per heavy atom. The van der Waals surface area contributed by atoms with Crippen LogP contribution in [0.3, 0.4) is 0 Å². The van der Waals surface area contributed by atoms with Gasteiger partial charge in [0.1, 0.15) is 13.2 Å². The van der Waals surface area contributed by atoms with E-state index in [-0.39, 0.29) is 31.1 Å². The summed E-state index contributed by atoms with van der Waals surface area (Å²) in [6.45, 7) is 6.69. The van der Waals surface area contributed by atoms with E-state index in [0.29, 0.717) is 19.3 Å². The number of hydrogen-bond acceptors (Lipinski definition) is 6. The van der Waals surface area contributed by atoms with Crippen LogP contribution < -0.4 is 0 Å². The maximum atomic E-state index is 12.9. The van der Waals surface area contributed by atoms with Crippen molar-refractivity contribution in [2.24, 2.45) is 0 Å². The molecule has 0 aromatic rings. The fourth-order valence-electron chi connectivity index (χ4n) is 11.4. The highest BCUT2D eigenvalue weighted by molar-refractivity contribution is 5.71. The molecule has 0 bridgehead atoms. The lowest BCUT2D eigenvalue weighted by molar-refractivity contribution is -0.167. The number of allylic oxidation sites excluding steroid dienone is 4. The smallest absolute Gasteiger partial charge is 0.306 e. The molecule has 0 spiro atoms. The molecule has 0 aromatic carbocycles. The first kappa shape index (κ1) is 78.9. The number of ether oxygens (including phenoxy) is 3. The molecule has 0 aliphatic carbocycles. The molecule has 6 heteroatoms. The number of esters is 3. The van der Waals surface area contributed by atoms with E-state index in [2.05, 4.69) is 45.1 Å². The van der Waals surface area contributed by atoms with Gasteiger partial charge in [0.2, 0.25) is 0 Å². The van der Waals surface area contributed by atoms with Crippen molar-refractivity contribution in [2.45, 2.75) is 425 Å². The van der Waals surface area contributed by atoms with Gasteiger partial charge >= 0.3 is 17.9 Å². The van der Waals surface area contributed by atoms with Crippen molar-refractivity contribution in [2.75, 3.05) is 13.2 Å². The van der Waals surface area contributed by atoms with Crippen molar-refractivity contribution in [1.29, 1.82) is 0 Å². The zero-order valence-corrected chi connectivity index (χ0v) is 55.1. The van der Waals surface area contributed by atoms with Crippen LogP contribution in [0.25, 0.3) is 0 Å². The summed E-state index contributed by atoms with van der Waals surface area (Å²) in [5.41, 5.74) is 0. The molecule has 0 aliphatic rings. The Balaban J connectivity index is 4.06. The van der Waals surface area contributed by atoms with Crippen LogP contribution in [0.5, 0.6) is 0 Å². The first-order chi connectivity index (χ1) is 40.0. The summed E-state index contributed by atoms with van der Waals surface area (Å²) >= 11 is 0. The molecule has 0 N–H and O–H groups in total. The molecule has 478 valence electrons. The third-order valence-corrected chi connectivity index (χ3v) is 16.9. The minimum absolute atomic E-state index is 0.0722. The van der Waals surface area contributed by atoms with E-state index in [0.717, 1.165) is 70.6 Å². The van der Waals surface area contributed by atoms with E-state index in [1.807, 2.05) is 0 Å². The maximum absolute atomic E-state index is 12.9. The van der Waals surface area contributed by atoms with Crippen LogP contribution in [0.15, 0.2) is 24.3 Å². The second-order valence-electron chi connectivity index (χ2n) is 25.2. The number of rotatable bonds is 69. The Morgan fingerprint density at radius 2 is 0.407 bits per heavy atom. The highest BCUT2D eigenvalue weighted by atomic mass is 16.6. The lowest BCUT2D eigenvalue weighted by Crippen LogP contribution is -2.30. The maximum Gasteiger partial charge on any atom is 0.306 e. The average molecular weight is 1140 g/mol. The van der Waals surface area contributed by atoms with Crippen LogP contribution in [-0.4, -0.2) is 37.2 Å². The standard InChI is InChI=1S/C75H142O6/c1-4-7-10-13-16-19-22-25-28-29-30-31-32-33-34-35-36-37-38-39-40-41-42-43-44-45-46-48-50-53-56-59-62-65-68-74(77)80-71-72(70-79-73(76)67-64-61-58-55-52-49-27-24-21-18-15-12-9-6-3)81-75(78)69-66-63-60-57-54-51-47-26-23-20-17-14-11-8-5-2/h24,26-27,47,72H,4-23,25,28-46,48-71H2,1-3H3/b27-24-,47-26-. The molecule has 0 fully saturated rings. The molecule has 1 unspecified atom stereocenters. The summed E-state index contributed by atoms with van der Waals surface area (Å²) < 4.78 is 17.0. The van der Waals surface area contributed by atoms with Crippen LogP contribution in [0, 0.1) is 0 Å². The normalized spacial score (nSPS) is 12.1. The third-order valence-electron chi connectivity index (χ3n) is 16.9. The molecule has 0 aromatic heterocycles. The summed E-state index contributed by atoms with van der Waals surface area (Å²) in [5.74, 6) is -0.861. The highest BCUT2D eigenvalue weighted by Gasteiger charge is 2.19. The second-order valence-corrected chi connectivity index (χ2v) is 25.2. The van der Waals surface area contributed by atoms with Gasteiger partial charge in [-0.15, -0.1) is 0 Å². The summed E-state index contributed by atoms with van der Waals surface area (Å²) in [6.07, 6.45) is 86.7. The zero-order valence-electron chi connectivity index (χ0n) is 55.1. The van der Waals surface area contributed by atoms with Gasteiger partial charge in [-0.1, -0.05) is 353 Å². The van der Waals surface area contributed by atoms with Crippen molar-refractivity contribution < 1.29 is 28.6 Å². The molecular formula is C75H142O6. The van der Waals surface area contributed by atoms with Gasteiger partial charge in [0.25, 0.3) is 0 Å². The van der Waals surface area contributed by atoms with Gasteiger partial charge in [0.05, 0.1) is 0 Å². The predicted octanol–water partition coefficient (Wildman–Crippen LogP) is 25.3. The molecule has 81 heavy (non-hydrogen) atoms. The molecule has 1 atom stereocenters. The van der Waals surface area contributed by atoms with Crippen molar-refractivity contribution in [3.8, 4) is 0 Å². The van der Waals surface area contributed by atoms with Gasteiger partial charge in [0.15, 0.2) is 6.10 Å². The number of hydrogen-bond donors (Lipinski definition) is 0. The molecule has 0 heterocycles. The molecule has 0 saturated carbocycles. The topological polar surface area (TPSA) is 78.9 Å². The van der Waals surface area contributed by atoms with Gasteiger partial charge in [0, 0.05) is 19.3 Å². The average Bonchev–Trinajstić information content (AvgIpc) is 3.47. The fraction of sp³-hybridized carbons (Fsp3) is 0.907. The zero-order chi connectivity index (χ0) is 58.5. The van der Waals surface area contributed by atoms with E-state index >= 15 is 0 Å². The number of unbranched alkanes of at least 4 members (excludes halogenated alkanes) is 54. The van der Waals surface area contributed by atoms with Gasteiger partial charge in [-0.2, -0.15) is 0 Å². The Labute approximate surface area is 506 Å². The van der Waals surface area contributed by atoms with Gasteiger partial charge in [-0.3, -0.25) is 14.4 Å². The minimum Gasteiger partial charge on any atom is -0.462 e. The molecule has 0 saturated heterocycles. The van der Waals surface area contributed by atoms with Crippen LogP contribution in [0.1, 0.15) is 419 Å². The van der Waals surface area contributed by atoms with Crippen LogP contribution in [0.4, 0.5) is 0 Å². The van der Waals surface area contributed by atoms with Crippen molar-refractivity contribution in [3.63, 3.8) is 0 Å². The molecule has 0 amide bonds. The number of carbonyl (C=O) groups is 3. The minimum atomic E-state index is -0.777. The van der Waals surface area contributed by atoms with Crippen molar-refractivity contribution in [1.82, 2.24) is 0 Å². The monoisotopic (exact) mass is 1140 g/mol. The Hall–Kier alpha value is -2.11.